The summed E-state index contributed by atoms with van der Waals surface area (Å²) < 4.78 is 19.9. The van der Waals surface area contributed by atoms with Gasteiger partial charge in [0.15, 0.2) is 0 Å². The zero-order valence-corrected chi connectivity index (χ0v) is 9.56. The second kappa shape index (κ2) is 4.97. The SMILES string of the molecule is COc1c(CN)cnn1Cc1cccc(F)c1. The average Bonchev–Trinajstić information content (AvgIpc) is 2.71. The van der Waals surface area contributed by atoms with Crippen molar-refractivity contribution in [3.8, 4) is 5.88 Å². The Morgan fingerprint density at radius 2 is 2.29 bits per heavy atom. The predicted molar refractivity (Wildman–Crippen MR) is 62.2 cm³/mol. The van der Waals surface area contributed by atoms with Gasteiger partial charge in [-0.25, -0.2) is 9.07 Å². The number of halogens is 1. The van der Waals surface area contributed by atoms with Gasteiger partial charge in [0.25, 0.3) is 0 Å². The van der Waals surface area contributed by atoms with Gasteiger partial charge in [0.2, 0.25) is 5.88 Å². The van der Waals surface area contributed by atoms with Crippen molar-refractivity contribution in [3.05, 3.63) is 47.4 Å². The van der Waals surface area contributed by atoms with Gasteiger partial charge >= 0.3 is 0 Å². The second-order valence-corrected chi connectivity index (χ2v) is 3.67. The summed E-state index contributed by atoms with van der Waals surface area (Å²) in [6, 6.07) is 6.40. The molecule has 2 rings (SSSR count). The van der Waals surface area contributed by atoms with E-state index >= 15 is 0 Å². The molecular formula is C12H14FN3O. The van der Waals surface area contributed by atoms with Crippen molar-refractivity contribution in [1.29, 1.82) is 0 Å². The minimum absolute atomic E-state index is 0.257. The van der Waals surface area contributed by atoms with Crippen LogP contribution in [0.2, 0.25) is 0 Å². The van der Waals surface area contributed by atoms with Crippen LogP contribution in [0.1, 0.15) is 11.1 Å². The van der Waals surface area contributed by atoms with Crippen molar-refractivity contribution in [3.63, 3.8) is 0 Å². The fourth-order valence-electron chi connectivity index (χ4n) is 1.71. The number of ether oxygens (including phenoxy) is 1. The molecule has 0 radical (unpaired) electrons. The van der Waals surface area contributed by atoms with Gasteiger partial charge in [-0.3, -0.25) is 0 Å². The van der Waals surface area contributed by atoms with Gasteiger partial charge in [-0.05, 0) is 17.7 Å². The highest BCUT2D eigenvalue weighted by Gasteiger charge is 2.10. The smallest absolute Gasteiger partial charge is 0.216 e. The molecule has 0 bridgehead atoms. The maximum absolute atomic E-state index is 13.0. The van der Waals surface area contributed by atoms with Crippen LogP contribution in [0, 0.1) is 5.82 Å². The Bertz CT molecular complexity index is 510. The predicted octanol–water partition coefficient (Wildman–Crippen LogP) is 1.54. The summed E-state index contributed by atoms with van der Waals surface area (Å²) in [7, 11) is 1.57. The zero-order valence-electron chi connectivity index (χ0n) is 9.56. The number of nitrogens with zero attached hydrogens (tertiary/aromatic N) is 2. The first-order valence-corrected chi connectivity index (χ1v) is 5.27. The molecule has 0 saturated heterocycles. The van der Waals surface area contributed by atoms with E-state index in [-0.39, 0.29) is 5.82 Å². The first kappa shape index (κ1) is 11.6. The minimum atomic E-state index is -0.257. The summed E-state index contributed by atoms with van der Waals surface area (Å²) >= 11 is 0. The number of nitrogens with two attached hydrogens (primary N) is 1. The molecule has 4 nitrogen and oxygen atoms in total. The maximum Gasteiger partial charge on any atom is 0.216 e. The Morgan fingerprint density at radius 3 is 2.94 bits per heavy atom. The molecular weight excluding hydrogens is 221 g/mol. The van der Waals surface area contributed by atoms with Crippen molar-refractivity contribution in [2.24, 2.45) is 5.73 Å². The van der Waals surface area contributed by atoms with E-state index in [2.05, 4.69) is 5.10 Å². The van der Waals surface area contributed by atoms with Crippen LogP contribution in [0.5, 0.6) is 5.88 Å². The van der Waals surface area contributed by atoms with Crippen LogP contribution in [-0.4, -0.2) is 16.9 Å². The monoisotopic (exact) mass is 235 g/mol. The lowest BCUT2D eigenvalue weighted by Crippen LogP contribution is -2.06. The third-order valence-electron chi connectivity index (χ3n) is 2.50. The molecule has 0 aliphatic carbocycles. The lowest BCUT2D eigenvalue weighted by Gasteiger charge is -2.07. The summed E-state index contributed by atoms with van der Waals surface area (Å²) in [5.74, 6) is 0.365. The van der Waals surface area contributed by atoms with Crippen LogP contribution in [0.25, 0.3) is 0 Å². The zero-order chi connectivity index (χ0) is 12.3. The van der Waals surface area contributed by atoms with E-state index in [9.17, 15) is 4.39 Å². The summed E-state index contributed by atoms with van der Waals surface area (Å²) in [4.78, 5) is 0. The quantitative estimate of drug-likeness (QED) is 0.874. The molecule has 17 heavy (non-hydrogen) atoms. The van der Waals surface area contributed by atoms with Gasteiger partial charge in [0.1, 0.15) is 5.82 Å². The molecule has 1 aromatic carbocycles. The third-order valence-corrected chi connectivity index (χ3v) is 2.50. The normalized spacial score (nSPS) is 10.5. The molecule has 5 heteroatoms. The average molecular weight is 235 g/mol. The molecule has 2 aromatic rings. The number of hydrogen-bond donors (Lipinski definition) is 1. The molecule has 0 amide bonds. The Balaban J connectivity index is 2.27. The summed E-state index contributed by atoms with van der Waals surface area (Å²) in [6.45, 7) is 0.827. The Morgan fingerprint density at radius 1 is 1.47 bits per heavy atom. The van der Waals surface area contributed by atoms with E-state index in [0.29, 0.717) is 19.0 Å². The van der Waals surface area contributed by atoms with Crippen molar-refractivity contribution in [2.45, 2.75) is 13.1 Å². The lowest BCUT2D eigenvalue weighted by molar-refractivity contribution is 0.362. The van der Waals surface area contributed by atoms with Crippen LogP contribution in [0.3, 0.4) is 0 Å². The third kappa shape index (κ3) is 2.45. The number of hydrogen-bond acceptors (Lipinski definition) is 3. The highest BCUT2D eigenvalue weighted by Crippen LogP contribution is 2.18. The minimum Gasteiger partial charge on any atom is -0.481 e. The van der Waals surface area contributed by atoms with E-state index in [4.69, 9.17) is 10.5 Å². The van der Waals surface area contributed by atoms with E-state index in [1.54, 1.807) is 24.1 Å². The Labute approximate surface area is 98.8 Å². The van der Waals surface area contributed by atoms with Crippen molar-refractivity contribution in [2.75, 3.05) is 7.11 Å². The van der Waals surface area contributed by atoms with Crippen molar-refractivity contribution in [1.82, 2.24) is 9.78 Å². The highest BCUT2D eigenvalue weighted by atomic mass is 19.1. The largest absolute Gasteiger partial charge is 0.481 e. The van der Waals surface area contributed by atoms with Crippen LogP contribution >= 0.6 is 0 Å². The first-order valence-electron chi connectivity index (χ1n) is 5.27. The fourth-order valence-corrected chi connectivity index (χ4v) is 1.71. The molecule has 90 valence electrons. The van der Waals surface area contributed by atoms with E-state index in [1.165, 1.54) is 12.1 Å². The molecule has 0 spiro atoms. The number of aromatic nitrogens is 2. The summed E-state index contributed by atoms with van der Waals surface area (Å²) in [5, 5.41) is 4.17. The van der Waals surface area contributed by atoms with Gasteiger partial charge in [0.05, 0.1) is 19.9 Å². The van der Waals surface area contributed by atoms with Crippen LogP contribution in [0.4, 0.5) is 4.39 Å². The number of benzene rings is 1. The highest BCUT2D eigenvalue weighted by molar-refractivity contribution is 5.26. The van der Waals surface area contributed by atoms with E-state index < -0.39 is 0 Å². The molecule has 0 aliphatic rings. The van der Waals surface area contributed by atoms with Gasteiger partial charge in [-0.2, -0.15) is 5.10 Å². The van der Waals surface area contributed by atoms with Gasteiger partial charge in [-0.1, -0.05) is 12.1 Å². The lowest BCUT2D eigenvalue weighted by atomic mass is 10.2. The molecule has 0 saturated carbocycles. The molecule has 2 N–H and O–H groups in total. The number of rotatable bonds is 4. The molecule has 0 fully saturated rings. The molecule has 0 aliphatic heterocycles. The molecule has 1 heterocycles. The Hall–Kier alpha value is -1.88. The van der Waals surface area contributed by atoms with Gasteiger partial charge < -0.3 is 10.5 Å². The Kier molecular flexibility index (Phi) is 3.39. The van der Waals surface area contributed by atoms with E-state index in [1.807, 2.05) is 6.07 Å². The molecule has 1 aromatic heterocycles. The fraction of sp³-hybridized carbons (Fsp3) is 0.250. The van der Waals surface area contributed by atoms with Crippen molar-refractivity contribution >= 4 is 0 Å². The van der Waals surface area contributed by atoms with E-state index in [0.717, 1.165) is 11.1 Å². The second-order valence-electron chi connectivity index (χ2n) is 3.67. The first-order chi connectivity index (χ1) is 8.24. The maximum atomic E-state index is 13.0. The summed E-state index contributed by atoms with van der Waals surface area (Å²) in [6.07, 6.45) is 1.66. The molecule has 0 atom stereocenters. The van der Waals surface area contributed by atoms with Gasteiger partial charge in [0, 0.05) is 12.1 Å². The standard InChI is InChI=1S/C12H14FN3O/c1-17-12-10(6-14)7-15-16(12)8-9-3-2-4-11(13)5-9/h2-5,7H,6,8,14H2,1H3. The van der Waals surface area contributed by atoms with Crippen LogP contribution in [-0.2, 0) is 13.1 Å². The number of methoxy groups -OCH3 is 1. The topological polar surface area (TPSA) is 53.1 Å². The van der Waals surface area contributed by atoms with Crippen molar-refractivity contribution < 1.29 is 9.13 Å². The van der Waals surface area contributed by atoms with Crippen LogP contribution in [0.15, 0.2) is 30.5 Å². The summed E-state index contributed by atoms with van der Waals surface area (Å²) in [5.41, 5.74) is 7.23. The molecule has 0 unspecified atom stereocenters. The van der Waals surface area contributed by atoms with Gasteiger partial charge in [-0.15, -0.1) is 0 Å². The van der Waals surface area contributed by atoms with Crippen LogP contribution < -0.4 is 10.5 Å².